The maximum Gasteiger partial charge on any atom is 0.228 e. The molecule has 1 rings (SSSR count). The van der Waals surface area contributed by atoms with Crippen LogP contribution < -0.4 is 16.0 Å². The van der Waals surface area contributed by atoms with E-state index in [1.807, 2.05) is 6.92 Å². The predicted molar refractivity (Wildman–Crippen MR) is 84.7 cm³/mol. The number of rotatable bonds is 5. The molecular weight excluding hydrogens is 301 g/mol. The first-order chi connectivity index (χ1) is 8.93. The minimum atomic E-state index is -0.221. The van der Waals surface area contributed by atoms with Gasteiger partial charge < -0.3 is 16.0 Å². The average molecular weight is 320 g/mol. The first-order valence-electron chi connectivity index (χ1n) is 5.96. The Hall–Kier alpha value is -1.30. The van der Waals surface area contributed by atoms with Crippen molar-refractivity contribution in [1.29, 1.82) is 0 Å². The molecule has 0 aliphatic heterocycles. The molecule has 0 saturated carbocycles. The molecule has 1 unspecified atom stereocenters. The summed E-state index contributed by atoms with van der Waals surface area (Å²) in [6.45, 7) is 3.80. The SMILES string of the molecule is CNCC(C)C(=O)Nc1ccc(Cl)cc1NC(C)=O.Cl. The molecule has 20 heavy (non-hydrogen) atoms. The number of amides is 2. The third kappa shape index (κ3) is 5.77. The quantitative estimate of drug-likeness (QED) is 0.781. The van der Waals surface area contributed by atoms with E-state index in [-0.39, 0.29) is 30.1 Å². The van der Waals surface area contributed by atoms with E-state index in [9.17, 15) is 9.59 Å². The van der Waals surface area contributed by atoms with Crippen molar-refractivity contribution in [3.63, 3.8) is 0 Å². The molecule has 1 aromatic rings. The highest BCUT2D eigenvalue weighted by molar-refractivity contribution is 6.31. The second-order valence-electron chi connectivity index (χ2n) is 4.32. The zero-order chi connectivity index (χ0) is 14.4. The molecule has 0 saturated heterocycles. The number of hydrogen-bond donors (Lipinski definition) is 3. The van der Waals surface area contributed by atoms with Crippen molar-refractivity contribution in [1.82, 2.24) is 5.32 Å². The van der Waals surface area contributed by atoms with Crippen molar-refractivity contribution in [2.45, 2.75) is 13.8 Å². The lowest BCUT2D eigenvalue weighted by Crippen LogP contribution is -2.29. The van der Waals surface area contributed by atoms with Crippen LogP contribution in [0.15, 0.2) is 18.2 Å². The van der Waals surface area contributed by atoms with Crippen LogP contribution in [0.1, 0.15) is 13.8 Å². The maximum atomic E-state index is 11.9. The van der Waals surface area contributed by atoms with Crippen LogP contribution >= 0.6 is 24.0 Å². The van der Waals surface area contributed by atoms with Crippen LogP contribution in [0.3, 0.4) is 0 Å². The third-order valence-corrected chi connectivity index (χ3v) is 2.74. The molecule has 0 aliphatic carbocycles. The standard InChI is InChI=1S/C13H18ClN3O2.ClH/c1-8(7-15-3)13(19)17-11-5-4-10(14)6-12(11)16-9(2)18;/h4-6,8,15H,7H2,1-3H3,(H,16,18)(H,17,19);1H. The Kier molecular flexibility index (Phi) is 8.22. The topological polar surface area (TPSA) is 70.2 Å². The van der Waals surface area contributed by atoms with Gasteiger partial charge in [-0.3, -0.25) is 9.59 Å². The fourth-order valence-corrected chi connectivity index (χ4v) is 1.75. The van der Waals surface area contributed by atoms with Crippen LogP contribution in [0.2, 0.25) is 5.02 Å². The van der Waals surface area contributed by atoms with Gasteiger partial charge in [-0.05, 0) is 25.2 Å². The Labute approximate surface area is 129 Å². The Morgan fingerprint density at radius 3 is 2.45 bits per heavy atom. The third-order valence-electron chi connectivity index (χ3n) is 2.51. The van der Waals surface area contributed by atoms with Gasteiger partial charge in [-0.2, -0.15) is 0 Å². The Bertz CT molecular complexity index is 481. The van der Waals surface area contributed by atoms with Gasteiger partial charge in [0.1, 0.15) is 0 Å². The monoisotopic (exact) mass is 319 g/mol. The first kappa shape index (κ1) is 18.7. The molecule has 0 bridgehead atoms. The van der Waals surface area contributed by atoms with Gasteiger partial charge in [-0.1, -0.05) is 18.5 Å². The van der Waals surface area contributed by atoms with E-state index in [0.29, 0.717) is 22.9 Å². The summed E-state index contributed by atoms with van der Waals surface area (Å²) in [5.74, 6) is -0.518. The summed E-state index contributed by atoms with van der Waals surface area (Å²) in [7, 11) is 1.79. The highest BCUT2D eigenvalue weighted by Crippen LogP contribution is 2.26. The fourth-order valence-electron chi connectivity index (χ4n) is 1.57. The number of carbonyl (C=O) groups is 2. The van der Waals surface area contributed by atoms with Gasteiger partial charge in [0, 0.05) is 24.4 Å². The summed E-state index contributed by atoms with van der Waals surface area (Å²) in [5, 5.41) is 8.84. The van der Waals surface area contributed by atoms with E-state index in [1.165, 1.54) is 6.92 Å². The van der Waals surface area contributed by atoms with Crippen molar-refractivity contribution in [3.05, 3.63) is 23.2 Å². The number of halogens is 2. The number of nitrogens with one attached hydrogen (secondary N) is 3. The number of hydrogen-bond acceptors (Lipinski definition) is 3. The highest BCUT2D eigenvalue weighted by atomic mass is 35.5. The van der Waals surface area contributed by atoms with Crippen molar-refractivity contribution < 1.29 is 9.59 Å². The van der Waals surface area contributed by atoms with Gasteiger partial charge >= 0.3 is 0 Å². The van der Waals surface area contributed by atoms with Crippen LogP contribution in [0.25, 0.3) is 0 Å². The highest BCUT2D eigenvalue weighted by Gasteiger charge is 2.14. The molecule has 0 spiro atoms. The van der Waals surface area contributed by atoms with E-state index in [2.05, 4.69) is 16.0 Å². The minimum Gasteiger partial charge on any atom is -0.324 e. The summed E-state index contributed by atoms with van der Waals surface area (Å²) in [6.07, 6.45) is 0. The van der Waals surface area contributed by atoms with Gasteiger partial charge in [0.15, 0.2) is 0 Å². The first-order valence-corrected chi connectivity index (χ1v) is 6.34. The molecule has 0 fully saturated rings. The van der Waals surface area contributed by atoms with Crippen molar-refractivity contribution in [3.8, 4) is 0 Å². The van der Waals surface area contributed by atoms with Gasteiger partial charge in [0.2, 0.25) is 11.8 Å². The second kappa shape index (κ2) is 8.79. The van der Waals surface area contributed by atoms with Crippen molar-refractivity contribution in [2.24, 2.45) is 5.92 Å². The average Bonchev–Trinajstić information content (AvgIpc) is 2.32. The van der Waals surface area contributed by atoms with Gasteiger partial charge in [0.05, 0.1) is 11.4 Å². The largest absolute Gasteiger partial charge is 0.324 e. The summed E-state index contributed by atoms with van der Waals surface area (Å²) in [4.78, 5) is 23.1. The van der Waals surface area contributed by atoms with Crippen LogP contribution in [0.4, 0.5) is 11.4 Å². The van der Waals surface area contributed by atoms with Crippen LogP contribution in [-0.2, 0) is 9.59 Å². The molecule has 1 aromatic carbocycles. The normalized spacial score (nSPS) is 11.2. The molecule has 112 valence electrons. The Balaban J connectivity index is 0.00000361. The number of anilines is 2. The van der Waals surface area contributed by atoms with Gasteiger partial charge in [-0.15, -0.1) is 12.4 Å². The van der Waals surface area contributed by atoms with E-state index in [0.717, 1.165) is 0 Å². The smallest absolute Gasteiger partial charge is 0.228 e. The molecule has 3 N–H and O–H groups in total. The van der Waals surface area contributed by atoms with E-state index >= 15 is 0 Å². The molecule has 0 aromatic heterocycles. The van der Waals surface area contributed by atoms with Gasteiger partial charge in [0.25, 0.3) is 0 Å². The molecule has 5 nitrogen and oxygen atoms in total. The maximum absolute atomic E-state index is 11.9. The zero-order valence-electron chi connectivity index (χ0n) is 11.6. The minimum absolute atomic E-state index is 0. The molecular formula is C13H19Cl2N3O2. The van der Waals surface area contributed by atoms with Crippen LogP contribution in [0, 0.1) is 5.92 Å². The second-order valence-corrected chi connectivity index (χ2v) is 4.76. The number of carbonyl (C=O) groups excluding carboxylic acids is 2. The summed E-state index contributed by atoms with van der Waals surface area (Å²) < 4.78 is 0. The summed E-state index contributed by atoms with van der Waals surface area (Å²) >= 11 is 5.88. The predicted octanol–water partition coefficient (Wildman–Crippen LogP) is 2.51. The summed E-state index contributed by atoms with van der Waals surface area (Å²) in [5.41, 5.74) is 1.03. The van der Waals surface area contributed by atoms with Crippen LogP contribution in [-0.4, -0.2) is 25.4 Å². The fraction of sp³-hybridized carbons (Fsp3) is 0.385. The summed E-state index contributed by atoms with van der Waals surface area (Å²) in [6, 6.07) is 4.92. The molecule has 0 radical (unpaired) electrons. The molecule has 2 amide bonds. The van der Waals surface area contributed by atoms with E-state index in [4.69, 9.17) is 11.6 Å². The molecule has 0 heterocycles. The lowest BCUT2D eigenvalue weighted by molar-refractivity contribution is -0.119. The lowest BCUT2D eigenvalue weighted by atomic mass is 10.1. The van der Waals surface area contributed by atoms with Gasteiger partial charge in [-0.25, -0.2) is 0 Å². The Morgan fingerprint density at radius 2 is 1.90 bits per heavy atom. The Morgan fingerprint density at radius 1 is 1.25 bits per heavy atom. The van der Waals surface area contributed by atoms with E-state index < -0.39 is 0 Å². The van der Waals surface area contributed by atoms with Crippen molar-refractivity contribution >= 4 is 47.2 Å². The molecule has 7 heteroatoms. The van der Waals surface area contributed by atoms with E-state index in [1.54, 1.807) is 25.2 Å². The number of benzene rings is 1. The molecule has 1 atom stereocenters. The lowest BCUT2D eigenvalue weighted by Gasteiger charge is -2.15. The van der Waals surface area contributed by atoms with Crippen molar-refractivity contribution in [2.75, 3.05) is 24.2 Å². The van der Waals surface area contributed by atoms with Crippen LogP contribution in [0.5, 0.6) is 0 Å². The zero-order valence-corrected chi connectivity index (χ0v) is 13.2. The molecule has 0 aliphatic rings.